The van der Waals surface area contributed by atoms with Crippen molar-refractivity contribution in [3.05, 3.63) is 70.0 Å². The average Bonchev–Trinajstić information content (AvgIpc) is 2.84. The Morgan fingerprint density at radius 2 is 2.00 bits per heavy atom. The van der Waals surface area contributed by atoms with Crippen molar-refractivity contribution >= 4 is 11.6 Å². The van der Waals surface area contributed by atoms with Crippen molar-refractivity contribution in [1.82, 2.24) is 0 Å². The topological polar surface area (TPSA) is 26.0 Å². The van der Waals surface area contributed by atoms with Crippen molar-refractivity contribution in [3.63, 3.8) is 0 Å². The van der Waals surface area contributed by atoms with Crippen molar-refractivity contribution in [2.75, 3.05) is 0 Å². The second-order valence-electron chi connectivity index (χ2n) is 5.04. The van der Waals surface area contributed by atoms with Gasteiger partial charge in [-0.1, -0.05) is 35.9 Å². The number of fused-ring (bicyclic) bond motifs is 1. The molecule has 2 atom stereocenters. The van der Waals surface area contributed by atoms with Crippen LogP contribution in [0.3, 0.4) is 0 Å². The molecule has 0 aliphatic heterocycles. The molecule has 0 amide bonds. The van der Waals surface area contributed by atoms with Crippen LogP contribution in [0, 0.1) is 5.82 Å². The quantitative estimate of drug-likeness (QED) is 0.873. The van der Waals surface area contributed by atoms with Crippen molar-refractivity contribution in [2.45, 2.75) is 24.8 Å². The molecule has 0 bridgehead atoms. The molecule has 0 aromatic heterocycles. The predicted octanol–water partition coefficient (Wildman–Crippen LogP) is 4.21. The van der Waals surface area contributed by atoms with Gasteiger partial charge in [0.25, 0.3) is 0 Å². The van der Waals surface area contributed by atoms with Gasteiger partial charge in [0.15, 0.2) is 0 Å². The third-order valence-corrected chi connectivity index (χ3v) is 4.27. The zero-order chi connectivity index (χ0) is 13.4. The molecule has 0 radical (unpaired) electrons. The number of hydrogen-bond donors (Lipinski definition) is 1. The maximum absolute atomic E-state index is 13.4. The van der Waals surface area contributed by atoms with Crippen LogP contribution in [0.5, 0.6) is 0 Å². The molecule has 2 N–H and O–H groups in total. The van der Waals surface area contributed by atoms with Crippen molar-refractivity contribution in [1.29, 1.82) is 0 Å². The first-order chi connectivity index (χ1) is 9.16. The van der Waals surface area contributed by atoms with Gasteiger partial charge >= 0.3 is 0 Å². The molecule has 2 aromatic carbocycles. The molecule has 1 aliphatic carbocycles. The Labute approximate surface area is 117 Å². The number of hydrogen-bond acceptors (Lipinski definition) is 1. The van der Waals surface area contributed by atoms with E-state index in [4.69, 9.17) is 17.3 Å². The Hall–Kier alpha value is -1.38. The normalized spacial score (nSPS) is 19.2. The molecule has 1 aliphatic rings. The SMILES string of the molecule is NC(c1cc(F)ccc1Cl)C1CCc2ccccc21. The Morgan fingerprint density at radius 1 is 1.21 bits per heavy atom. The minimum absolute atomic E-state index is 0.218. The average molecular weight is 276 g/mol. The van der Waals surface area contributed by atoms with E-state index in [1.54, 1.807) is 6.07 Å². The van der Waals surface area contributed by atoms with E-state index >= 15 is 0 Å². The number of nitrogens with two attached hydrogens (primary N) is 1. The second kappa shape index (κ2) is 4.95. The summed E-state index contributed by atoms with van der Waals surface area (Å²) >= 11 is 6.15. The van der Waals surface area contributed by atoms with E-state index in [-0.39, 0.29) is 17.8 Å². The fraction of sp³-hybridized carbons (Fsp3) is 0.250. The lowest BCUT2D eigenvalue weighted by Crippen LogP contribution is -2.18. The highest BCUT2D eigenvalue weighted by molar-refractivity contribution is 6.31. The summed E-state index contributed by atoms with van der Waals surface area (Å²) in [6.07, 6.45) is 2.02. The molecular formula is C16H15ClFN. The molecule has 98 valence electrons. The summed E-state index contributed by atoms with van der Waals surface area (Å²) in [7, 11) is 0. The zero-order valence-electron chi connectivity index (χ0n) is 10.4. The second-order valence-corrected chi connectivity index (χ2v) is 5.44. The van der Waals surface area contributed by atoms with Gasteiger partial charge in [-0.05, 0) is 47.7 Å². The third kappa shape index (κ3) is 2.26. The summed E-state index contributed by atoms with van der Waals surface area (Å²) in [6, 6.07) is 12.4. The van der Waals surface area contributed by atoms with Crippen LogP contribution in [0.4, 0.5) is 4.39 Å². The van der Waals surface area contributed by atoms with E-state index in [1.165, 1.54) is 23.3 Å². The van der Waals surface area contributed by atoms with Crippen molar-refractivity contribution in [3.8, 4) is 0 Å². The van der Waals surface area contributed by atoms with Crippen LogP contribution in [0.15, 0.2) is 42.5 Å². The maximum Gasteiger partial charge on any atom is 0.123 e. The Kier molecular flexibility index (Phi) is 3.29. The summed E-state index contributed by atoms with van der Waals surface area (Å²) in [5, 5.41) is 0.540. The van der Waals surface area contributed by atoms with Crippen molar-refractivity contribution in [2.24, 2.45) is 5.73 Å². The standard InChI is InChI=1S/C16H15ClFN/c17-15-8-6-11(18)9-14(15)16(19)13-7-5-10-3-1-2-4-12(10)13/h1-4,6,8-9,13,16H,5,7,19H2. The highest BCUT2D eigenvalue weighted by Gasteiger charge is 2.29. The van der Waals surface area contributed by atoms with Crippen LogP contribution in [0.25, 0.3) is 0 Å². The van der Waals surface area contributed by atoms with Crippen LogP contribution in [0.2, 0.25) is 5.02 Å². The Bertz CT molecular complexity index is 611. The number of rotatable bonds is 2. The molecule has 1 nitrogen and oxygen atoms in total. The maximum atomic E-state index is 13.4. The van der Waals surface area contributed by atoms with Gasteiger partial charge in [0.05, 0.1) is 0 Å². The first-order valence-corrected chi connectivity index (χ1v) is 6.83. The highest BCUT2D eigenvalue weighted by Crippen LogP contribution is 2.41. The molecule has 3 rings (SSSR count). The number of halogens is 2. The molecule has 2 unspecified atom stereocenters. The lowest BCUT2D eigenvalue weighted by Gasteiger charge is -2.22. The molecule has 0 saturated carbocycles. The summed E-state index contributed by atoms with van der Waals surface area (Å²) in [4.78, 5) is 0. The molecule has 0 spiro atoms. The smallest absolute Gasteiger partial charge is 0.123 e. The molecule has 0 fully saturated rings. The third-order valence-electron chi connectivity index (χ3n) is 3.93. The summed E-state index contributed by atoms with van der Waals surface area (Å²) < 4.78 is 13.4. The monoisotopic (exact) mass is 275 g/mol. The van der Waals surface area contributed by atoms with Gasteiger partial charge in [-0.25, -0.2) is 4.39 Å². The lowest BCUT2D eigenvalue weighted by molar-refractivity contribution is 0.544. The van der Waals surface area contributed by atoms with E-state index < -0.39 is 0 Å². The van der Waals surface area contributed by atoms with Crippen LogP contribution in [0.1, 0.15) is 35.1 Å². The van der Waals surface area contributed by atoms with Crippen LogP contribution in [-0.2, 0) is 6.42 Å². The highest BCUT2D eigenvalue weighted by atomic mass is 35.5. The van der Waals surface area contributed by atoms with Gasteiger partial charge in [-0.3, -0.25) is 0 Å². The molecule has 19 heavy (non-hydrogen) atoms. The van der Waals surface area contributed by atoms with Crippen LogP contribution in [-0.4, -0.2) is 0 Å². The van der Waals surface area contributed by atoms with E-state index in [2.05, 4.69) is 12.1 Å². The molecule has 0 saturated heterocycles. The summed E-state index contributed by atoms with van der Waals surface area (Å²) in [5.74, 6) is -0.0726. The molecular weight excluding hydrogens is 261 g/mol. The summed E-state index contributed by atoms with van der Waals surface area (Å²) in [5.41, 5.74) is 9.65. The number of benzene rings is 2. The van der Waals surface area contributed by atoms with Crippen LogP contribution >= 0.6 is 11.6 Å². The van der Waals surface area contributed by atoms with Gasteiger partial charge in [0.2, 0.25) is 0 Å². The Balaban J connectivity index is 1.97. The minimum Gasteiger partial charge on any atom is -0.323 e. The van der Waals surface area contributed by atoms with Gasteiger partial charge in [0, 0.05) is 17.0 Å². The van der Waals surface area contributed by atoms with E-state index in [0.29, 0.717) is 10.6 Å². The molecule has 3 heteroatoms. The van der Waals surface area contributed by atoms with Gasteiger partial charge in [-0.15, -0.1) is 0 Å². The van der Waals surface area contributed by atoms with Crippen molar-refractivity contribution < 1.29 is 4.39 Å². The van der Waals surface area contributed by atoms with Crippen LogP contribution < -0.4 is 5.73 Å². The predicted molar refractivity (Wildman–Crippen MR) is 75.8 cm³/mol. The van der Waals surface area contributed by atoms with E-state index in [0.717, 1.165) is 12.8 Å². The largest absolute Gasteiger partial charge is 0.323 e. The molecule has 2 aromatic rings. The minimum atomic E-state index is -0.291. The Morgan fingerprint density at radius 3 is 2.84 bits per heavy atom. The zero-order valence-corrected chi connectivity index (χ0v) is 11.2. The van der Waals surface area contributed by atoms with E-state index in [9.17, 15) is 4.39 Å². The fourth-order valence-corrected chi connectivity index (χ4v) is 3.19. The lowest BCUT2D eigenvalue weighted by atomic mass is 9.89. The first kappa shape index (κ1) is 12.6. The molecule has 0 heterocycles. The first-order valence-electron chi connectivity index (χ1n) is 6.45. The van der Waals surface area contributed by atoms with Gasteiger partial charge in [0.1, 0.15) is 5.82 Å². The van der Waals surface area contributed by atoms with Gasteiger partial charge in [-0.2, -0.15) is 0 Å². The number of aryl methyl sites for hydroxylation is 1. The summed E-state index contributed by atoms with van der Waals surface area (Å²) in [6.45, 7) is 0. The fourth-order valence-electron chi connectivity index (χ4n) is 2.95. The van der Waals surface area contributed by atoms with Gasteiger partial charge < -0.3 is 5.73 Å². The van der Waals surface area contributed by atoms with E-state index in [1.807, 2.05) is 12.1 Å².